The number of halogens is 3. The third kappa shape index (κ3) is 7.98. The molecule has 5 atom stereocenters. The average molecular weight is 926 g/mol. The van der Waals surface area contributed by atoms with Crippen molar-refractivity contribution in [3.63, 3.8) is 0 Å². The molecule has 0 radical (unpaired) electrons. The second kappa shape index (κ2) is 17.5. The number of carbonyl (C=O) groups is 1. The molecule has 354 valence electrons. The molecule has 0 unspecified atom stereocenters. The van der Waals surface area contributed by atoms with Gasteiger partial charge in [0, 0.05) is 43.0 Å². The molecule has 6 heterocycles. The number of benzene rings is 3. The Morgan fingerprint density at radius 1 is 0.939 bits per heavy atom. The van der Waals surface area contributed by atoms with Crippen molar-refractivity contribution >= 4 is 41.7 Å². The number of piperazine rings is 1. The number of amides is 1. The van der Waals surface area contributed by atoms with E-state index in [9.17, 15) is 9.18 Å². The van der Waals surface area contributed by atoms with Gasteiger partial charge < -0.3 is 23.8 Å². The van der Waals surface area contributed by atoms with Crippen LogP contribution in [0.2, 0.25) is 16.6 Å². The number of anilines is 1. The SMILES string of the molecule is COCOc1cc(-c2cc3c4c(nc(OC[C@@]56CCCN5C[C@H](F)C6)nc4c2F)N2C[C@H]4CC[C@@H]([C@H]2CC3)N4C(=O)OC(C)(C)C)c2c(C#C[Si](C(C)C)(C(C)C)C(C)C)c(F)ccc2c1. The highest BCUT2D eigenvalue weighted by atomic mass is 28.3. The molecule has 0 aliphatic carbocycles. The third-order valence-corrected chi connectivity index (χ3v) is 21.8. The summed E-state index contributed by atoms with van der Waals surface area (Å²) < 4.78 is 73.6. The van der Waals surface area contributed by atoms with E-state index in [0.717, 1.165) is 37.8 Å². The van der Waals surface area contributed by atoms with Gasteiger partial charge in [0.1, 0.15) is 49.4 Å². The van der Waals surface area contributed by atoms with Crippen LogP contribution in [-0.4, -0.2) is 110 Å². The fourth-order valence-electron chi connectivity index (χ4n) is 12.7. The Labute approximate surface area is 388 Å². The number of hydrogen-bond donors (Lipinski definition) is 0. The number of nitrogens with zero attached hydrogens (tertiary/aromatic N) is 5. The number of fused-ring (bicyclic) bond motifs is 7. The van der Waals surface area contributed by atoms with E-state index < -0.39 is 37.0 Å². The average Bonchev–Trinajstić information content (AvgIpc) is 3.86. The first-order valence-corrected chi connectivity index (χ1v) is 26.3. The Morgan fingerprint density at radius 3 is 2.41 bits per heavy atom. The largest absolute Gasteiger partial charge is 0.468 e. The van der Waals surface area contributed by atoms with E-state index in [1.54, 1.807) is 12.1 Å². The molecule has 10 nitrogen and oxygen atoms in total. The predicted octanol–water partition coefficient (Wildman–Crippen LogP) is 11.1. The van der Waals surface area contributed by atoms with E-state index in [1.807, 2.05) is 37.8 Å². The monoisotopic (exact) mass is 925 g/mol. The molecule has 66 heavy (non-hydrogen) atoms. The van der Waals surface area contributed by atoms with Crippen molar-refractivity contribution in [3.8, 4) is 34.4 Å². The van der Waals surface area contributed by atoms with Crippen molar-refractivity contribution in [1.29, 1.82) is 0 Å². The fraction of sp³-hybridized carbons (Fsp3) is 0.596. The van der Waals surface area contributed by atoms with Crippen LogP contribution in [0.15, 0.2) is 30.3 Å². The molecule has 0 spiro atoms. The van der Waals surface area contributed by atoms with E-state index in [0.29, 0.717) is 82.3 Å². The van der Waals surface area contributed by atoms with Crippen LogP contribution in [-0.2, 0) is 15.9 Å². The first-order valence-electron chi connectivity index (χ1n) is 24.1. The van der Waals surface area contributed by atoms with Gasteiger partial charge in [-0.1, -0.05) is 53.5 Å². The first kappa shape index (κ1) is 46.5. The minimum atomic E-state index is -2.33. The zero-order valence-corrected chi connectivity index (χ0v) is 41.3. The molecule has 3 aromatic carbocycles. The maximum Gasteiger partial charge on any atom is 0.410 e. The summed E-state index contributed by atoms with van der Waals surface area (Å²) in [5, 5.41) is 1.72. The number of aryl methyl sites for hydroxylation is 1. The molecule has 0 saturated carbocycles. The summed E-state index contributed by atoms with van der Waals surface area (Å²) in [5.74, 6) is 3.30. The molecule has 14 heteroatoms. The second-order valence-corrected chi connectivity index (χ2v) is 27.0. The highest BCUT2D eigenvalue weighted by molar-refractivity contribution is 6.90. The van der Waals surface area contributed by atoms with Crippen molar-refractivity contribution in [2.75, 3.05) is 45.0 Å². The Bertz CT molecular complexity index is 2590. The number of rotatable bonds is 10. The number of hydrogen-bond acceptors (Lipinski definition) is 9. The molecule has 0 N–H and O–H groups in total. The van der Waals surface area contributed by atoms with Gasteiger partial charge in [0.25, 0.3) is 0 Å². The third-order valence-electron chi connectivity index (χ3n) is 15.5. The summed E-state index contributed by atoms with van der Waals surface area (Å²) in [6.45, 7) is 20.7. The molecule has 2 bridgehead atoms. The van der Waals surface area contributed by atoms with Crippen LogP contribution in [0.5, 0.6) is 11.8 Å². The van der Waals surface area contributed by atoms with Gasteiger partial charge in [0.05, 0.1) is 29.2 Å². The van der Waals surface area contributed by atoms with Gasteiger partial charge in [-0.15, -0.1) is 5.54 Å². The topological polar surface area (TPSA) is 89.5 Å². The quantitative estimate of drug-likeness (QED) is 0.0876. The van der Waals surface area contributed by atoms with Crippen LogP contribution in [0.25, 0.3) is 32.8 Å². The van der Waals surface area contributed by atoms with E-state index in [-0.39, 0.29) is 60.3 Å². The highest BCUT2D eigenvalue weighted by Crippen LogP contribution is 2.48. The van der Waals surface area contributed by atoms with Gasteiger partial charge in [0.15, 0.2) is 12.6 Å². The Balaban J connectivity index is 1.25. The first-order chi connectivity index (χ1) is 31.4. The predicted molar refractivity (Wildman–Crippen MR) is 256 cm³/mol. The Kier molecular flexibility index (Phi) is 12.3. The van der Waals surface area contributed by atoms with Crippen molar-refractivity contribution in [3.05, 3.63) is 53.1 Å². The number of methoxy groups -OCH3 is 1. The van der Waals surface area contributed by atoms with Gasteiger partial charge >= 0.3 is 12.1 Å². The van der Waals surface area contributed by atoms with Crippen molar-refractivity contribution in [2.45, 2.75) is 159 Å². The standard InChI is InChI=1S/C52H66F3N5O5Si/c1-30(2)66(31(3)4,32(5)6)21-18-38-41(54)15-12-33-22-37(64-29-62-10)24-39(44(33)38)40-23-34-13-16-42-43-17-14-36(60(43)50(61)65-51(7,8)9)27-59(42)48-45(34)47(46(40)55)56-49(57-48)63-28-52-19-11-20-58(52)26-35(53)25-52/h12,15,22-24,30-32,35-36,42-43H,11,13-14,16-17,19-20,25-29H2,1-10H3/t35-,36-,42-,43+,52+/m1/s1. The van der Waals surface area contributed by atoms with Gasteiger partial charge in [-0.2, -0.15) is 9.97 Å². The van der Waals surface area contributed by atoms with Gasteiger partial charge in [-0.25, -0.2) is 18.0 Å². The molecule has 4 aromatic rings. The number of alkyl halides is 1. The summed E-state index contributed by atoms with van der Waals surface area (Å²) in [6, 6.07) is 8.14. The zero-order valence-electron chi connectivity index (χ0n) is 40.3. The van der Waals surface area contributed by atoms with Crippen molar-refractivity contribution in [1.82, 2.24) is 19.8 Å². The maximum atomic E-state index is 18.3. The minimum Gasteiger partial charge on any atom is -0.468 e. The smallest absolute Gasteiger partial charge is 0.410 e. The summed E-state index contributed by atoms with van der Waals surface area (Å²) in [7, 11) is -0.796. The molecule has 4 saturated heterocycles. The van der Waals surface area contributed by atoms with E-state index >= 15 is 8.78 Å². The lowest BCUT2D eigenvalue weighted by atomic mass is 9.90. The van der Waals surface area contributed by atoms with Crippen LogP contribution in [0, 0.1) is 23.1 Å². The van der Waals surface area contributed by atoms with Crippen LogP contribution in [0.4, 0.5) is 23.8 Å². The molecular weight excluding hydrogens is 860 g/mol. The second-order valence-electron chi connectivity index (χ2n) is 21.4. The van der Waals surface area contributed by atoms with Gasteiger partial charge in [-0.05, 0) is 123 Å². The normalized spacial score (nSPS) is 24.0. The summed E-state index contributed by atoms with van der Waals surface area (Å²) in [6.07, 6.45) is 3.60. The number of ether oxygens (including phenoxy) is 4. The highest BCUT2D eigenvalue weighted by Gasteiger charge is 2.52. The zero-order chi connectivity index (χ0) is 47.0. The van der Waals surface area contributed by atoms with E-state index in [4.69, 9.17) is 28.9 Å². The summed E-state index contributed by atoms with van der Waals surface area (Å²) in [4.78, 5) is 30.2. The maximum absolute atomic E-state index is 18.3. The molecule has 1 aromatic heterocycles. The lowest BCUT2D eigenvalue weighted by molar-refractivity contribution is 0.00720. The molecule has 5 aliphatic heterocycles. The van der Waals surface area contributed by atoms with Crippen LogP contribution in [0.3, 0.4) is 0 Å². The number of carbonyl (C=O) groups excluding carboxylic acids is 1. The summed E-state index contributed by atoms with van der Waals surface area (Å²) >= 11 is 0. The Morgan fingerprint density at radius 2 is 1.70 bits per heavy atom. The molecule has 1 amide bonds. The van der Waals surface area contributed by atoms with Crippen molar-refractivity contribution in [2.24, 2.45) is 0 Å². The molecular formula is C52H66F3N5O5Si. The molecule has 9 rings (SSSR count). The molecule has 4 fully saturated rings. The van der Waals surface area contributed by atoms with Crippen LogP contribution >= 0.6 is 0 Å². The summed E-state index contributed by atoms with van der Waals surface area (Å²) in [5.41, 5.74) is 5.30. The van der Waals surface area contributed by atoms with E-state index in [1.165, 1.54) is 13.2 Å². The van der Waals surface area contributed by atoms with Crippen LogP contribution in [0.1, 0.15) is 112 Å². The number of aromatic nitrogens is 2. The van der Waals surface area contributed by atoms with Crippen LogP contribution < -0.4 is 14.4 Å². The lowest BCUT2D eigenvalue weighted by Crippen LogP contribution is -2.62. The minimum absolute atomic E-state index is 0.0163. The van der Waals surface area contributed by atoms with Gasteiger partial charge in [0.2, 0.25) is 0 Å². The molecule has 5 aliphatic rings. The van der Waals surface area contributed by atoms with Crippen molar-refractivity contribution < 1.29 is 36.9 Å². The Hall–Kier alpha value is -4.58. The van der Waals surface area contributed by atoms with E-state index in [2.05, 4.69) is 62.8 Å². The lowest BCUT2D eigenvalue weighted by Gasteiger charge is -2.47. The fourth-order valence-corrected chi connectivity index (χ4v) is 17.9. The van der Waals surface area contributed by atoms with Gasteiger partial charge in [-0.3, -0.25) is 9.80 Å².